The van der Waals surface area contributed by atoms with E-state index in [4.69, 9.17) is 0 Å². The second-order valence-corrected chi connectivity index (χ2v) is 6.38. The number of aliphatic imine (C=N–C) groups is 1. The van der Waals surface area contributed by atoms with Gasteiger partial charge in [0.15, 0.2) is 5.96 Å². The fourth-order valence-electron chi connectivity index (χ4n) is 2.97. The molecule has 0 aromatic heterocycles. The predicted octanol–water partition coefficient (Wildman–Crippen LogP) is 3.25. The fraction of sp³-hybridized carbons (Fsp3) is 0.286. The van der Waals surface area contributed by atoms with Gasteiger partial charge >= 0.3 is 0 Å². The Labute approximate surface area is 158 Å². The number of nitrogens with zero attached hydrogens (tertiary/aromatic N) is 2. The van der Waals surface area contributed by atoms with E-state index < -0.39 is 11.6 Å². The van der Waals surface area contributed by atoms with Crippen LogP contribution in [0, 0.1) is 11.6 Å². The molecule has 0 bridgehead atoms. The number of anilines is 1. The van der Waals surface area contributed by atoms with Crippen LogP contribution in [0.5, 0.6) is 0 Å². The van der Waals surface area contributed by atoms with Crippen LogP contribution in [0.3, 0.4) is 0 Å². The first-order chi connectivity index (χ1) is 13.2. The summed E-state index contributed by atoms with van der Waals surface area (Å²) in [6.07, 6.45) is 4.71. The van der Waals surface area contributed by atoms with Gasteiger partial charge in [0.1, 0.15) is 11.6 Å². The fourth-order valence-corrected chi connectivity index (χ4v) is 2.97. The molecule has 0 spiro atoms. The Balaban J connectivity index is 1.45. The highest BCUT2D eigenvalue weighted by Crippen LogP contribution is 2.17. The van der Waals surface area contributed by atoms with Crippen LogP contribution in [-0.2, 0) is 13.0 Å². The van der Waals surface area contributed by atoms with Gasteiger partial charge in [-0.25, -0.2) is 8.78 Å². The second-order valence-electron chi connectivity index (χ2n) is 6.38. The molecule has 0 radical (unpaired) electrons. The Morgan fingerprint density at radius 3 is 2.48 bits per heavy atom. The van der Waals surface area contributed by atoms with Gasteiger partial charge in [0.2, 0.25) is 0 Å². The second kappa shape index (κ2) is 9.16. The molecular formula is C21H24F2N4. The third kappa shape index (κ3) is 5.29. The zero-order valence-electron chi connectivity index (χ0n) is 15.4. The van der Waals surface area contributed by atoms with Gasteiger partial charge in [0, 0.05) is 38.9 Å². The Kier molecular flexibility index (Phi) is 6.41. The van der Waals surface area contributed by atoms with Crippen molar-refractivity contribution in [3.63, 3.8) is 0 Å². The lowest BCUT2D eigenvalue weighted by Crippen LogP contribution is -2.37. The molecule has 4 nitrogen and oxygen atoms in total. The molecule has 2 N–H and O–H groups in total. The Bertz CT molecular complexity index is 807. The number of guanidine groups is 1. The molecule has 1 heterocycles. The average molecular weight is 370 g/mol. The molecule has 0 saturated carbocycles. The summed E-state index contributed by atoms with van der Waals surface area (Å²) < 4.78 is 26.8. The third-order valence-electron chi connectivity index (χ3n) is 4.50. The van der Waals surface area contributed by atoms with Crippen molar-refractivity contribution in [1.82, 2.24) is 10.6 Å². The molecule has 3 rings (SSSR count). The van der Waals surface area contributed by atoms with Crippen molar-refractivity contribution in [1.29, 1.82) is 0 Å². The Morgan fingerprint density at radius 2 is 1.78 bits per heavy atom. The number of benzene rings is 2. The monoisotopic (exact) mass is 370 g/mol. The van der Waals surface area contributed by atoms with Gasteiger partial charge in [-0.1, -0.05) is 24.3 Å². The molecule has 27 heavy (non-hydrogen) atoms. The van der Waals surface area contributed by atoms with Crippen LogP contribution in [0.4, 0.5) is 14.5 Å². The van der Waals surface area contributed by atoms with Crippen molar-refractivity contribution in [2.75, 3.05) is 31.6 Å². The highest BCUT2D eigenvalue weighted by Gasteiger charge is 2.07. The van der Waals surface area contributed by atoms with Crippen molar-refractivity contribution in [3.8, 4) is 0 Å². The molecule has 0 unspecified atom stereocenters. The summed E-state index contributed by atoms with van der Waals surface area (Å²) in [5.41, 5.74) is 2.71. The summed E-state index contributed by atoms with van der Waals surface area (Å²) in [7, 11) is 1.68. The molecule has 2 aromatic rings. The standard InChI is InChI=1S/C21H24F2N4/c1-24-21(25-11-10-17-14-18(22)6-9-20(17)23)26-15-16-4-7-19(8-5-16)27-12-2-3-13-27/h2-9,14H,10-13,15H2,1H3,(H2,24,25,26). The quantitative estimate of drug-likeness (QED) is 0.466. The third-order valence-corrected chi connectivity index (χ3v) is 4.50. The lowest BCUT2D eigenvalue weighted by molar-refractivity contribution is 0.583. The summed E-state index contributed by atoms with van der Waals surface area (Å²) >= 11 is 0. The number of rotatable bonds is 6. The number of nitrogens with one attached hydrogen (secondary N) is 2. The minimum atomic E-state index is -0.429. The van der Waals surface area contributed by atoms with Crippen molar-refractivity contribution in [2.24, 2.45) is 4.99 Å². The van der Waals surface area contributed by atoms with Crippen molar-refractivity contribution < 1.29 is 8.78 Å². The molecule has 1 aliphatic rings. The highest BCUT2D eigenvalue weighted by molar-refractivity contribution is 5.79. The van der Waals surface area contributed by atoms with Crippen LogP contribution >= 0.6 is 0 Å². The van der Waals surface area contributed by atoms with E-state index in [0.29, 0.717) is 31.0 Å². The largest absolute Gasteiger partial charge is 0.364 e. The molecule has 0 atom stereocenters. The zero-order chi connectivity index (χ0) is 19.1. The van der Waals surface area contributed by atoms with Crippen LogP contribution in [0.1, 0.15) is 11.1 Å². The molecule has 0 aliphatic carbocycles. The van der Waals surface area contributed by atoms with E-state index in [9.17, 15) is 8.78 Å². The van der Waals surface area contributed by atoms with Gasteiger partial charge in [0.25, 0.3) is 0 Å². The predicted molar refractivity (Wildman–Crippen MR) is 106 cm³/mol. The van der Waals surface area contributed by atoms with Crippen molar-refractivity contribution in [2.45, 2.75) is 13.0 Å². The molecule has 1 aliphatic heterocycles. The normalized spacial score (nSPS) is 13.9. The lowest BCUT2D eigenvalue weighted by Gasteiger charge is -2.18. The molecule has 2 aromatic carbocycles. The maximum atomic E-state index is 13.6. The average Bonchev–Trinajstić information content (AvgIpc) is 3.22. The highest BCUT2D eigenvalue weighted by atomic mass is 19.1. The van der Waals surface area contributed by atoms with Crippen molar-refractivity contribution >= 4 is 11.6 Å². The van der Waals surface area contributed by atoms with E-state index in [-0.39, 0.29) is 0 Å². The first-order valence-electron chi connectivity index (χ1n) is 9.03. The lowest BCUT2D eigenvalue weighted by atomic mass is 10.1. The smallest absolute Gasteiger partial charge is 0.191 e. The van der Waals surface area contributed by atoms with Gasteiger partial charge in [-0.3, -0.25) is 4.99 Å². The molecule has 0 saturated heterocycles. The number of hydrogen-bond acceptors (Lipinski definition) is 2. The maximum Gasteiger partial charge on any atom is 0.191 e. The van der Waals surface area contributed by atoms with Gasteiger partial charge in [-0.15, -0.1) is 0 Å². The van der Waals surface area contributed by atoms with Crippen molar-refractivity contribution in [3.05, 3.63) is 77.4 Å². The van der Waals surface area contributed by atoms with E-state index in [1.165, 1.54) is 11.8 Å². The summed E-state index contributed by atoms with van der Waals surface area (Å²) in [4.78, 5) is 6.46. The van der Waals surface area contributed by atoms with Gasteiger partial charge in [0.05, 0.1) is 0 Å². The zero-order valence-corrected chi connectivity index (χ0v) is 15.4. The summed E-state index contributed by atoms with van der Waals surface area (Å²) in [5.74, 6) is -0.198. The first kappa shape index (κ1) is 18.9. The van der Waals surface area contributed by atoms with E-state index >= 15 is 0 Å². The molecule has 6 heteroatoms. The van der Waals surface area contributed by atoms with Crippen LogP contribution in [0.25, 0.3) is 0 Å². The molecule has 0 amide bonds. The van der Waals surface area contributed by atoms with Crippen LogP contribution in [0.2, 0.25) is 0 Å². The van der Waals surface area contributed by atoms with E-state index in [1.54, 1.807) is 7.05 Å². The first-order valence-corrected chi connectivity index (χ1v) is 9.03. The van der Waals surface area contributed by atoms with Crippen LogP contribution < -0.4 is 15.5 Å². The Hall–Kier alpha value is -2.89. The van der Waals surface area contributed by atoms with E-state index in [1.807, 2.05) is 0 Å². The minimum Gasteiger partial charge on any atom is -0.364 e. The van der Waals surface area contributed by atoms with Crippen LogP contribution in [-0.4, -0.2) is 32.6 Å². The SMILES string of the molecule is CN=C(NCCc1cc(F)ccc1F)NCc1ccc(N2CC=CC2)cc1. The van der Waals surface area contributed by atoms with Gasteiger partial charge in [-0.2, -0.15) is 0 Å². The molecular weight excluding hydrogens is 346 g/mol. The number of halogens is 2. The summed E-state index contributed by atoms with van der Waals surface area (Å²) in [6.45, 7) is 3.01. The molecule has 0 fully saturated rings. The van der Waals surface area contributed by atoms with E-state index in [0.717, 1.165) is 30.8 Å². The maximum absolute atomic E-state index is 13.6. The summed E-state index contributed by atoms with van der Waals surface area (Å²) in [5, 5.41) is 6.36. The number of hydrogen-bond donors (Lipinski definition) is 2. The molecule has 142 valence electrons. The summed E-state index contributed by atoms with van der Waals surface area (Å²) in [6, 6.07) is 11.9. The Morgan fingerprint density at radius 1 is 1.04 bits per heavy atom. The minimum absolute atomic E-state index is 0.352. The van der Waals surface area contributed by atoms with Crippen LogP contribution in [0.15, 0.2) is 59.6 Å². The van der Waals surface area contributed by atoms with E-state index in [2.05, 4.69) is 56.9 Å². The van der Waals surface area contributed by atoms with Gasteiger partial charge in [-0.05, 0) is 47.9 Å². The topological polar surface area (TPSA) is 39.7 Å². The van der Waals surface area contributed by atoms with Gasteiger partial charge < -0.3 is 15.5 Å².